The van der Waals surface area contributed by atoms with Gasteiger partial charge in [-0.15, -0.1) is 0 Å². The Bertz CT molecular complexity index is 830. The van der Waals surface area contributed by atoms with Gasteiger partial charge in [0.05, 0.1) is 26.9 Å². The molecule has 0 aliphatic carbocycles. The van der Waals surface area contributed by atoms with E-state index in [9.17, 15) is 4.79 Å². The molecule has 3 rings (SSSR count). The fraction of sp³-hybridized carbons (Fsp3) is 0.158. The molecule has 2 aromatic rings. The van der Waals surface area contributed by atoms with E-state index in [0.717, 1.165) is 5.56 Å². The number of carbonyl (C=O) groups excluding carboxylic acids is 1. The molecule has 0 amide bonds. The Labute approximate surface area is 145 Å². The summed E-state index contributed by atoms with van der Waals surface area (Å²) < 4.78 is 21.2. The minimum absolute atomic E-state index is 0.167. The van der Waals surface area contributed by atoms with Crippen molar-refractivity contribution in [2.45, 2.75) is 0 Å². The highest BCUT2D eigenvalue weighted by molar-refractivity contribution is 6.13. The van der Waals surface area contributed by atoms with E-state index in [1.807, 2.05) is 30.3 Å². The number of hydrogen-bond acceptors (Lipinski definition) is 6. The fourth-order valence-electron chi connectivity index (χ4n) is 2.42. The second-order valence-corrected chi connectivity index (χ2v) is 5.15. The van der Waals surface area contributed by atoms with Gasteiger partial charge in [-0.3, -0.25) is 0 Å². The molecular formula is C19H17NO5. The van der Waals surface area contributed by atoms with Gasteiger partial charge in [0.1, 0.15) is 17.2 Å². The molecule has 0 N–H and O–H groups in total. The molecule has 0 atom stereocenters. The second-order valence-electron chi connectivity index (χ2n) is 5.15. The maximum Gasteiger partial charge on any atom is 0.363 e. The summed E-state index contributed by atoms with van der Waals surface area (Å²) in [5.41, 5.74) is 1.48. The number of methoxy groups -OCH3 is 3. The van der Waals surface area contributed by atoms with Gasteiger partial charge in [0.15, 0.2) is 5.70 Å². The van der Waals surface area contributed by atoms with Crippen LogP contribution in [0.5, 0.6) is 17.2 Å². The molecule has 6 nitrogen and oxygen atoms in total. The highest BCUT2D eigenvalue weighted by Crippen LogP contribution is 2.36. The lowest BCUT2D eigenvalue weighted by molar-refractivity contribution is -0.129. The van der Waals surface area contributed by atoms with E-state index in [4.69, 9.17) is 18.9 Å². The van der Waals surface area contributed by atoms with Crippen molar-refractivity contribution in [3.05, 3.63) is 59.3 Å². The monoisotopic (exact) mass is 339 g/mol. The molecule has 128 valence electrons. The standard InChI is InChI=1S/C19H17NO5/c1-22-13-9-16(23-2)14(17(10-13)24-3)11-15-19(21)25-18(20-15)12-7-5-4-6-8-12/h4-11H,1-3H3. The first-order valence-corrected chi connectivity index (χ1v) is 7.54. The van der Waals surface area contributed by atoms with Crippen LogP contribution in [0.3, 0.4) is 0 Å². The van der Waals surface area contributed by atoms with E-state index in [1.165, 1.54) is 14.2 Å². The molecule has 0 saturated heterocycles. The van der Waals surface area contributed by atoms with E-state index < -0.39 is 5.97 Å². The minimum atomic E-state index is -0.529. The number of carbonyl (C=O) groups is 1. The van der Waals surface area contributed by atoms with Crippen LogP contribution in [0.2, 0.25) is 0 Å². The molecule has 1 heterocycles. The summed E-state index contributed by atoms with van der Waals surface area (Å²) in [6, 6.07) is 12.6. The molecule has 0 radical (unpaired) electrons. The summed E-state index contributed by atoms with van der Waals surface area (Å²) in [4.78, 5) is 16.5. The molecule has 1 aliphatic rings. The van der Waals surface area contributed by atoms with Crippen molar-refractivity contribution in [3.63, 3.8) is 0 Å². The van der Waals surface area contributed by atoms with Crippen LogP contribution in [0.15, 0.2) is 53.2 Å². The second kappa shape index (κ2) is 7.09. The molecule has 0 spiro atoms. The molecule has 0 saturated carbocycles. The van der Waals surface area contributed by atoms with E-state index in [2.05, 4.69) is 4.99 Å². The number of nitrogens with zero attached hydrogens (tertiary/aromatic N) is 1. The van der Waals surface area contributed by atoms with Crippen molar-refractivity contribution in [1.29, 1.82) is 0 Å². The maximum absolute atomic E-state index is 12.2. The van der Waals surface area contributed by atoms with Gasteiger partial charge in [-0.2, -0.15) is 0 Å². The Morgan fingerprint density at radius 1 is 0.960 bits per heavy atom. The van der Waals surface area contributed by atoms with Gasteiger partial charge in [0.25, 0.3) is 0 Å². The van der Waals surface area contributed by atoms with Crippen LogP contribution in [0.25, 0.3) is 6.08 Å². The summed E-state index contributed by atoms with van der Waals surface area (Å²) in [7, 11) is 4.61. The van der Waals surface area contributed by atoms with E-state index in [1.54, 1.807) is 25.3 Å². The number of aliphatic imine (C=N–C) groups is 1. The predicted octanol–water partition coefficient (Wildman–Crippen LogP) is 3.06. The Kier molecular flexibility index (Phi) is 4.70. The number of ether oxygens (including phenoxy) is 4. The molecule has 0 aromatic heterocycles. The van der Waals surface area contributed by atoms with Crippen LogP contribution in [-0.2, 0) is 9.53 Å². The SMILES string of the molecule is COc1cc(OC)c(C=C2N=C(c3ccccc3)OC2=O)c(OC)c1. The predicted molar refractivity (Wildman–Crippen MR) is 93.1 cm³/mol. The van der Waals surface area contributed by atoms with Crippen molar-refractivity contribution in [2.24, 2.45) is 4.99 Å². The van der Waals surface area contributed by atoms with Gasteiger partial charge >= 0.3 is 5.97 Å². The highest BCUT2D eigenvalue weighted by Gasteiger charge is 2.25. The van der Waals surface area contributed by atoms with Gasteiger partial charge in [0.2, 0.25) is 5.90 Å². The third kappa shape index (κ3) is 3.33. The van der Waals surface area contributed by atoms with Crippen molar-refractivity contribution >= 4 is 17.9 Å². The first-order chi connectivity index (χ1) is 12.2. The Morgan fingerprint density at radius 3 is 2.16 bits per heavy atom. The van der Waals surface area contributed by atoms with Crippen LogP contribution in [0.4, 0.5) is 0 Å². The normalized spacial score (nSPS) is 14.9. The Morgan fingerprint density at radius 2 is 1.60 bits per heavy atom. The van der Waals surface area contributed by atoms with Gasteiger partial charge in [-0.25, -0.2) is 9.79 Å². The van der Waals surface area contributed by atoms with Crippen LogP contribution in [0, 0.1) is 0 Å². The fourth-order valence-corrected chi connectivity index (χ4v) is 2.42. The quantitative estimate of drug-likeness (QED) is 0.619. The molecule has 0 bridgehead atoms. The van der Waals surface area contributed by atoms with E-state index in [-0.39, 0.29) is 11.6 Å². The van der Waals surface area contributed by atoms with Gasteiger partial charge < -0.3 is 18.9 Å². The summed E-state index contributed by atoms with van der Waals surface area (Å²) in [6.45, 7) is 0. The number of esters is 1. The molecule has 6 heteroatoms. The number of cyclic esters (lactones) is 1. The van der Waals surface area contributed by atoms with Crippen LogP contribution in [0.1, 0.15) is 11.1 Å². The average molecular weight is 339 g/mol. The summed E-state index contributed by atoms with van der Waals surface area (Å²) in [6.07, 6.45) is 1.58. The summed E-state index contributed by atoms with van der Waals surface area (Å²) in [5.74, 6) is 1.32. The first-order valence-electron chi connectivity index (χ1n) is 7.54. The van der Waals surface area contributed by atoms with Gasteiger partial charge in [-0.05, 0) is 18.2 Å². The highest BCUT2D eigenvalue weighted by atomic mass is 16.6. The van der Waals surface area contributed by atoms with Crippen LogP contribution in [-0.4, -0.2) is 33.2 Å². The molecule has 0 fully saturated rings. The third-order valence-corrected chi connectivity index (χ3v) is 3.68. The van der Waals surface area contributed by atoms with Crippen molar-refractivity contribution in [3.8, 4) is 17.2 Å². The summed E-state index contributed by atoms with van der Waals surface area (Å²) in [5, 5.41) is 0. The largest absolute Gasteiger partial charge is 0.496 e. The lowest BCUT2D eigenvalue weighted by Crippen LogP contribution is -2.05. The van der Waals surface area contributed by atoms with Crippen molar-refractivity contribution in [2.75, 3.05) is 21.3 Å². The zero-order valence-electron chi connectivity index (χ0n) is 14.1. The number of rotatable bonds is 5. The van der Waals surface area contributed by atoms with Crippen LogP contribution < -0.4 is 14.2 Å². The lowest BCUT2D eigenvalue weighted by atomic mass is 10.1. The smallest absolute Gasteiger partial charge is 0.363 e. The Balaban J connectivity index is 2.05. The molecule has 1 aliphatic heterocycles. The number of benzene rings is 2. The molecular weight excluding hydrogens is 322 g/mol. The molecule has 0 unspecified atom stereocenters. The molecule has 25 heavy (non-hydrogen) atoms. The topological polar surface area (TPSA) is 66.3 Å². The van der Waals surface area contributed by atoms with Crippen molar-refractivity contribution < 1.29 is 23.7 Å². The zero-order chi connectivity index (χ0) is 17.8. The lowest BCUT2D eigenvalue weighted by Gasteiger charge is -2.12. The summed E-state index contributed by atoms with van der Waals surface area (Å²) >= 11 is 0. The van der Waals surface area contributed by atoms with Crippen LogP contribution >= 0.6 is 0 Å². The average Bonchev–Trinajstić information content (AvgIpc) is 3.03. The molecule has 2 aromatic carbocycles. The third-order valence-electron chi connectivity index (χ3n) is 3.68. The zero-order valence-corrected chi connectivity index (χ0v) is 14.1. The van der Waals surface area contributed by atoms with Crippen molar-refractivity contribution in [1.82, 2.24) is 0 Å². The minimum Gasteiger partial charge on any atom is -0.496 e. The van der Waals surface area contributed by atoms with E-state index in [0.29, 0.717) is 22.8 Å². The Hall–Kier alpha value is -3.28. The van der Waals surface area contributed by atoms with E-state index >= 15 is 0 Å². The van der Waals surface area contributed by atoms with Gasteiger partial charge in [-0.1, -0.05) is 18.2 Å². The van der Waals surface area contributed by atoms with Gasteiger partial charge in [0, 0.05) is 17.7 Å². The first kappa shape index (κ1) is 16.6. The maximum atomic E-state index is 12.2. The number of hydrogen-bond donors (Lipinski definition) is 0.